The molecule has 1 aromatic rings. The van der Waals surface area contributed by atoms with Crippen LogP contribution in [0.25, 0.3) is 0 Å². The Balaban J connectivity index is 1.87. The van der Waals surface area contributed by atoms with E-state index in [2.05, 4.69) is 24.5 Å². The van der Waals surface area contributed by atoms with E-state index < -0.39 is 22.0 Å². The fourth-order valence-electron chi connectivity index (χ4n) is 2.95. The van der Waals surface area contributed by atoms with E-state index in [1.165, 1.54) is 4.31 Å². The van der Waals surface area contributed by atoms with Crippen molar-refractivity contribution in [1.29, 1.82) is 0 Å². The third-order valence-corrected chi connectivity index (χ3v) is 6.58. The molecule has 0 spiro atoms. The number of hydrogen-bond acceptors (Lipinski definition) is 5. The summed E-state index contributed by atoms with van der Waals surface area (Å²) in [5.41, 5.74) is 1.10. The van der Waals surface area contributed by atoms with Gasteiger partial charge in [0, 0.05) is 32.7 Å². The lowest BCUT2D eigenvalue weighted by Crippen LogP contribution is -2.52. The number of carbonyl (C=O) groups is 2. The second-order valence-corrected chi connectivity index (χ2v) is 9.15. The molecule has 1 saturated heterocycles. The van der Waals surface area contributed by atoms with Crippen molar-refractivity contribution in [3.05, 3.63) is 29.8 Å². The van der Waals surface area contributed by atoms with Gasteiger partial charge in [-0.15, -0.1) is 0 Å². The van der Waals surface area contributed by atoms with Gasteiger partial charge in [-0.25, -0.2) is 13.2 Å². The zero-order valence-corrected chi connectivity index (χ0v) is 17.6. The number of rotatable bonds is 7. The van der Waals surface area contributed by atoms with Crippen LogP contribution < -0.4 is 10.6 Å². The Bertz CT molecular complexity index is 770. The van der Waals surface area contributed by atoms with E-state index in [9.17, 15) is 18.0 Å². The van der Waals surface area contributed by atoms with Crippen LogP contribution in [0, 0.1) is 0 Å². The molecule has 156 valence electrons. The molecule has 2 N–H and O–H groups in total. The molecule has 0 bridgehead atoms. The van der Waals surface area contributed by atoms with Crippen LogP contribution in [-0.2, 0) is 14.8 Å². The first-order valence-electron chi connectivity index (χ1n) is 9.64. The Labute approximate surface area is 167 Å². The smallest absolute Gasteiger partial charge is 0.321 e. The zero-order valence-electron chi connectivity index (χ0n) is 16.8. The van der Waals surface area contributed by atoms with Gasteiger partial charge in [-0.1, -0.05) is 32.9 Å². The Morgan fingerprint density at radius 3 is 2.21 bits per heavy atom. The standard InChI is InChI=1S/C19H30N4O4S/c1-4-9-20-19(25)21-18(24)14-22-10-12-23(13-11-22)28(26,27)17-7-5-16(6-8-17)15(2)3/h5-8,15H,4,9-14H2,1-3H3,(H2,20,21,24,25). The largest absolute Gasteiger partial charge is 0.338 e. The molecule has 1 aromatic carbocycles. The molecule has 0 aliphatic carbocycles. The molecule has 1 heterocycles. The number of hydrogen-bond donors (Lipinski definition) is 2. The Hall–Kier alpha value is -1.97. The molecule has 28 heavy (non-hydrogen) atoms. The summed E-state index contributed by atoms with van der Waals surface area (Å²) in [5.74, 6) is -0.0512. The molecule has 1 fully saturated rings. The highest BCUT2D eigenvalue weighted by Crippen LogP contribution is 2.21. The van der Waals surface area contributed by atoms with Crippen molar-refractivity contribution in [2.75, 3.05) is 39.3 Å². The third kappa shape index (κ3) is 6.02. The summed E-state index contributed by atoms with van der Waals surface area (Å²) in [6.45, 7) is 8.12. The zero-order chi connectivity index (χ0) is 20.7. The first kappa shape index (κ1) is 22.3. The average Bonchev–Trinajstić information content (AvgIpc) is 2.66. The number of nitrogens with zero attached hydrogens (tertiary/aromatic N) is 2. The average molecular weight is 411 g/mol. The first-order chi connectivity index (χ1) is 13.2. The topological polar surface area (TPSA) is 98.8 Å². The van der Waals surface area contributed by atoms with Crippen molar-refractivity contribution < 1.29 is 18.0 Å². The van der Waals surface area contributed by atoms with E-state index in [-0.39, 0.29) is 11.4 Å². The summed E-state index contributed by atoms with van der Waals surface area (Å²) in [7, 11) is -3.54. The quantitative estimate of drug-likeness (QED) is 0.707. The van der Waals surface area contributed by atoms with Gasteiger partial charge in [0.05, 0.1) is 11.4 Å². The number of amides is 3. The summed E-state index contributed by atoms with van der Waals surface area (Å²) in [6, 6.07) is 6.50. The van der Waals surface area contributed by atoms with Crippen molar-refractivity contribution in [2.45, 2.75) is 38.0 Å². The van der Waals surface area contributed by atoms with E-state index >= 15 is 0 Å². The minimum Gasteiger partial charge on any atom is -0.338 e. The van der Waals surface area contributed by atoms with Gasteiger partial charge < -0.3 is 5.32 Å². The van der Waals surface area contributed by atoms with Crippen LogP contribution in [0.15, 0.2) is 29.2 Å². The molecule has 0 unspecified atom stereocenters. The van der Waals surface area contributed by atoms with Gasteiger partial charge >= 0.3 is 6.03 Å². The monoisotopic (exact) mass is 410 g/mol. The predicted molar refractivity (Wildman–Crippen MR) is 108 cm³/mol. The summed E-state index contributed by atoms with van der Waals surface area (Å²) in [6.07, 6.45) is 0.790. The minimum absolute atomic E-state index is 0.0660. The summed E-state index contributed by atoms with van der Waals surface area (Å²) in [5, 5.41) is 4.86. The van der Waals surface area contributed by atoms with Crippen molar-refractivity contribution in [2.24, 2.45) is 0 Å². The van der Waals surface area contributed by atoms with Crippen LogP contribution in [0.1, 0.15) is 38.7 Å². The molecule has 0 radical (unpaired) electrons. The fraction of sp³-hybridized carbons (Fsp3) is 0.579. The van der Waals surface area contributed by atoms with Gasteiger partial charge in [-0.05, 0) is 30.0 Å². The maximum absolute atomic E-state index is 12.8. The van der Waals surface area contributed by atoms with Crippen molar-refractivity contribution in [3.8, 4) is 0 Å². The highest BCUT2D eigenvalue weighted by molar-refractivity contribution is 7.89. The molecule has 0 atom stereocenters. The van der Waals surface area contributed by atoms with Gasteiger partial charge in [-0.2, -0.15) is 4.31 Å². The maximum Gasteiger partial charge on any atom is 0.321 e. The van der Waals surface area contributed by atoms with Gasteiger partial charge in [-0.3, -0.25) is 15.0 Å². The second kappa shape index (κ2) is 9.99. The Morgan fingerprint density at radius 1 is 1.07 bits per heavy atom. The van der Waals surface area contributed by atoms with Crippen LogP contribution in [0.3, 0.4) is 0 Å². The fourth-order valence-corrected chi connectivity index (χ4v) is 4.38. The normalized spacial score (nSPS) is 16.1. The molecule has 2 rings (SSSR count). The molecule has 1 aliphatic rings. The van der Waals surface area contributed by atoms with E-state index in [0.29, 0.717) is 38.6 Å². The third-order valence-electron chi connectivity index (χ3n) is 4.67. The molecular weight excluding hydrogens is 380 g/mol. The van der Waals surface area contributed by atoms with Crippen LogP contribution in [-0.4, -0.2) is 68.8 Å². The van der Waals surface area contributed by atoms with Gasteiger partial charge in [0.25, 0.3) is 0 Å². The Kier molecular flexibility index (Phi) is 7.97. The molecular formula is C19H30N4O4S. The van der Waals surface area contributed by atoms with Crippen LogP contribution >= 0.6 is 0 Å². The van der Waals surface area contributed by atoms with Crippen molar-refractivity contribution >= 4 is 22.0 Å². The summed E-state index contributed by atoms with van der Waals surface area (Å²) in [4.78, 5) is 25.6. The Morgan fingerprint density at radius 2 is 1.68 bits per heavy atom. The van der Waals surface area contributed by atoms with E-state index in [4.69, 9.17) is 0 Å². The van der Waals surface area contributed by atoms with E-state index in [1.54, 1.807) is 12.1 Å². The van der Waals surface area contributed by atoms with Gasteiger partial charge in [0.1, 0.15) is 0 Å². The SMILES string of the molecule is CCCNC(=O)NC(=O)CN1CCN(S(=O)(=O)c2ccc(C(C)C)cc2)CC1. The number of piperazine rings is 1. The molecule has 8 nitrogen and oxygen atoms in total. The lowest BCUT2D eigenvalue weighted by Gasteiger charge is -2.33. The van der Waals surface area contributed by atoms with E-state index in [1.807, 2.05) is 24.0 Å². The predicted octanol–water partition coefficient (Wildman–Crippen LogP) is 1.35. The lowest BCUT2D eigenvalue weighted by atomic mass is 10.0. The van der Waals surface area contributed by atoms with E-state index in [0.717, 1.165) is 12.0 Å². The second-order valence-electron chi connectivity index (χ2n) is 7.21. The first-order valence-corrected chi connectivity index (χ1v) is 11.1. The minimum atomic E-state index is -3.54. The number of nitrogens with one attached hydrogen (secondary N) is 2. The van der Waals surface area contributed by atoms with Crippen molar-refractivity contribution in [3.63, 3.8) is 0 Å². The highest BCUT2D eigenvalue weighted by atomic mass is 32.2. The molecule has 9 heteroatoms. The molecule has 0 saturated carbocycles. The highest BCUT2D eigenvalue weighted by Gasteiger charge is 2.29. The van der Waals surface area contributed by atoms with Gasteiger partial charge in [0.2, 0.25) is 15.9 Å². The number of benzene rings is 1. The molecule has 0 aromatic heterocycles. The number of sulfonamides is 1. The lowest BCUT2D eigenvalue weighted by molar-refractivity contribution is -0.121. The summed E-state index contributed by atoms with van der Waals surface area (Å²) < 4.78 is 27.1. The number of urea groups is 1. The van der Waals surface area contributed by atoms with Crippen LogP contribution in [0.2, 0.25) is 0 Å². The molecule has 1 aliphatic heterocycles. The van der Waals surface area contributed by atoms with Crippen LogP contribution in [0.5, 0.6) is 0 Å². The van der Waals surface area contributed by atoms with Crippen molar-refractivity contribution in [1.82, 2.24) is 19.8 Å². The summed E-state index contributed by atoms with van der Waals surface area (Å²) >= 11 is 0. The van der Waals surface area contributed by atoms with Gasteiger partial charge in [0.15, 0.2) is 0 Å². The van der Waals surface area contributed by atoms with Crippen LogP contribution in [0.4, 0.5) is 4.79 Å². The number of carbonyl (C=O) groups excluding carboxylic acids is 2. The number of imide groups is 1. The molecule has 3 amide bonds. The maximum atomic E-state index is 12.8.